The first-order valence-electron chi connectivity index (χ1n) is 8.46. The topological polar surface area (TPSA) is 78.7 Å². The Kier molecular flexibility index (Phi) is 4.31. The van der Waals surface area contributed by atoms with Crippen LogP contribution < -0.4 is 15.5 Å². The maximum Gasteiger partial charge on any atom is 0.346 e. The van der Waals surface area contributed by atoms with Gasteiger partial charge in [0.2, 0.25) is 0 Å². The highest BCUT2D eigenvalue weighted by molar-refractivity contribution is 7.20. The average Bonchev–Trinajstić information content (AvgIpc) is 3.00. The van der Waals surface area contributed by atoms with Gasteiger partial charge in [-0.25, -0.2) is 18.8 Å². The van der Waals surface area contributed by atoms with Crippen LogP contribution in [0.3, 0.4) is 0 Å². The molecule has 0 radical (unpaired) electrons. The van der Waals surface area contributed by atoms with Crippen LogP contribution in [0.2, 0.25) is 0 Å². The van der Waals surface area contributed by atoms with E-state index >= 15 is 0 Å². The van der Waals surface area contributed by atoms with Gasteiger partial charge in [-0.15, -0.1) is 11.3 Å². The lowest BCUT2D eigenvalue weighted by atomic mass is 10.2. The molecule has 1 aliphatic rings. The van der Waals surface area contributed by atoms with E-state index in [0.29, 0.717) is 47.6 Å². The molecule has 4 rings (SSSR count). The van der Waals surface area contributed by atoms with Gasteiger partial charge in [0.05, 0.1) is 24.2 Å². The Morgan fingerprint density at radius 1 is 1.22 bits per heavy atom. The molecule has 140 valence electrons. The van der Waals surface area contributed by atoms with Crippen molar-refractivity contribution in [3.63, 3.8) is 0 Å². The number of piperazine rings is 1. The third-order valence-corrected chi connectivity index (χ3v) is 5.97. The molecule has 0 aliphatic carbocycles. The molecule has 27 heavy (non-hydrogen) atoms. The summed E-state index contributed by atoms with van der Waals surface area (Å²) in [7, 11) is 0. The number of para-hydroxylation sites is 1. The van der Waals surface area contributed by atoms with Gasteiger partial charge in [-0.2, -0.15) is 0 Å². The van der Waals surface area contributed by atoms with Crippen molar-refractivity contribution in [3.05, 3.63) is 57.2 Å². The number of anilines is 1. The molecule has 1 fully saturated rings. The molecule has 0 unspecified atom stereocenters. The lowest BCUT2D eigenvalue weighted by Gasteiger charge is -2.37. The Bertz CT molecular complexity index is 1090. The fraction of sp³-hybridized carbons (Fsp3) is 0.278. The Balaban J connectivity index is 1.62. The molecule has 0 spiro atoms. The van der Waals surface area contributed by atoms with E-state index in [4.69, 9.17) is 0 Å². The molecule has 0 bridgehead atoms. The predicted octanol–water partition coefficient (Wildman–Crippen LogP) is 2.06. The second-order valence-electron chi connectivity index (χ2n) is 6.33. The van der Waals surface area contributed by atoms with Crippen LogP contribution in [-0.4, -0.2) is 46.9 Å². The highest BCUT2D eigenvalue weighted by Gasteiger charge is 2.23. The number of carboxylic acids is 1. The zero-order chi connectivity index (χ0) is 19.1. The van der Waals surface area contributed by atoms with Gasteiger partial charge in [0.25, 0.3) is 5.56 Å². The molecule has 3 aromatic rings. The molecule has 0 saturated carbocycles. The van der Waals surface area contributed by atoms with Crippen LogP contribution in [0.15, 0.2) is 35.4 Å². The number of halogens is 1. The smallest absolute Gasteiger partial charge is 0.346 e. The van der Waals surface area contributed by atoms with Crippen molar-refractivity contribution >= 4 is 33.2 Å². The van der Waals surface area contributed by atoms with Gasteiger partial charge in [-0.1, -0.05) is 12.1 Å². The summed E-state index contributed by atoms with van der Waals surface area (Å²) in [5, 5.41) is 11.5. The van der Waals surface area contributed by atoms with Crippen LogP contribution >= 0.6 is 11.3 Å². The molecule has 1 aliphatic heterocycles. The first kappa shape index (κ1) is 17.5. The van der Waals surface area contributed by atoms with E-state index in [0.717, 1.165) is 11.3 Å². The van der Waals surface area contributed by atoms with Crippen LogP contribution in [0.5, 0.6) is 0 Å². The van der Waals surface area contributed by atoms with E-state index in [9.17, 15) is 19.1 Å². The number of fused-ring (bicyclic) bond motifs is 1. The van der Waals surface area contributed by atoms with E-state index in [-0.39, 0.29) is 16.3 Å². The summed E-state index contributed by atoms with van der Waals surface area (Å²) in [6.07, 6.45) is 1.44. The molecule has 3 heterocycles. The number of benzene rings is 1. The second kappa shape index (κ2) is 6.66. The predicted molar refractivity (Wildman–Crippen MR) is 102 cm³/mol. The van der Waals surface area contributed by atoms with Gasteiger partial charge in [-0.05, 0) is 24.6 Å². The summed E-state index contributed by atoms with van der Waals surface area (Å²) in [5.74, 6) is -1.32. The van der Waals surface area contributed by atoms with Crippen molar-refractivity contribution in [2.75, 3.05) is 36.1 Å². The summed E-state index contributed by atoms with van der Waals surface area (Å²) in [6.45, 7) is 3.81. The van der Waals surface area contributed by atoms with Gasteiger partial charge >= 0.3 is 5.97 Å². The standard InChI is InChI=1S/C18H17FN4O3S/c1-11-14-16(27-15(11)18(25)26)20-10-23(17(14)24)22-8-6-21(7-9-22)13-5-3-2-4-12(13)19/h2-5,10H,6-9H2,1H3,(H,25,26). The number of aromatic carboxylic acids is 1. The number of carbonyl (C=O) groups is 1. The number of hydrogen-bond acceptors (Lipinski definition) is 6. The van der Waals surface area contributed by atoms with Gasteiger partial charge in [0.15, 0.2) is 0 Å². The lowest BCUT2D eigenvalue weighted by Crippen LogP contribution is -2.54. The summed E-state index contributed by atoms with van der Waals surface area (Å²) in [5.41, 5.74) is 0.720. The summed E-state index contributed by atoms with van der Waals surface area (Å²) < 4.78 is 15.4. The van der Waals surface area contributed by atoms with E-state index in [1.165, 1.54) is 17.1 Å². The van der Waals surface area contributed by atoms with Crippen LogP contribution in [0.1, 0.15) is 15.2 Å². The number of rotatable bonds is 3. The number of hydrogen-bond donors (Lipinski definition) is 1. The normalized spacial score (nSPS) is 14.7. The van der Waals surface area contributed by atoms with Gasteiger partial charge in [-0.3, -0.25) is 4.79 Å². The number of aryl methyl sites for hydroxylation is 1. The average molecular weight is 388 g/mol. The molecule has 2 aromatic heterocycles. The third-order valence-electron chi connectivity index (χ3n) is 4.78. The van der Waals surface area contributed by atoms with Crippen molar-refractivity contribution in [3.8, 4) is 0 Å². The van der Waals surface area contributed by atoms with Crippen LogP contribution in [0.4, 0.5) is 10.1 Å². The molecule has 7 nitrogen and oxygen atoms in total. The quantitative estimate of drug-likeness (QED) is 0.740. The molecule has 1 N–H and O–H groups in total. The number of carboxylic acid groups (broad SMARTS) is 1. The largest absolute Gasteiger partial charge is 0.477 e. The zero-order valence-electron chi connectivity index (χ0n) is 14.6. The Labute approximate surface area is 157 Å². The zero-order valence-corrected chi connectivity index (χ0v) is 15.4. The van der Waals surface area contributed by atoms with Crippen LogP contribution in [0.25, 0.3) is 10.2 Å². The Hall–Kier alpha value is -2.94. The Morgan fingerprint density at radius 3 is 2.59 bits per heavy atom. The SMILES string of the molecule is Cc1c(C(=O)O)sc2ncn(N3CCN(c4ccccc4F)CC3)c(=O)c12. The first-order chi connectivity index (χ1) is 13.0. The Morgan fingerprint density at radius 2 is 1.93 bits per heavy atom. The fourth-order valence-corrected chi connectivity index (χ4v) is 4.36. The molecule has 0 amide bonds. The minimum absolute atomic E-state index is 0.136. The second-order valence-corrected chi connectivity index (χ2v) is 7.33. The molecule has 9 heteroatoms. The lowest BCUT2D eigenvalue weighted by molar-refractivity contribution is 0.0701. The van der Waals surface area contributed by atoms with E-state index < -0.39 is 5.97 Å². The minimum atomic E-state index is -1.06. The van der Waals surface area contributed by atoms with Gasteiger partial charge in [0, 0.05) is 13.1 Å². The van der Waals surface area contributed by atoms with Crippen molar-refractivity contribution in [1.82, 2.24) is 9.66 Å². The maximum absolute atomic E-state index is 14.0. The molecule has 0 atom stereocenters. The third kappa shape index (κ3) is 2.93. The van der Waals surface area contributed by atoms with Gasteiger partial charge in [0.1, 0.15) is 21.9 Å². The highest BCUT2D eigenvalue weighted by atomic mass is 32.1. The molecular formula is C18H17FN4O3S. The van der Waals surface area contributed by atoms with Crippen LogP contribution in [-0.2, 0) is 0 Å². The molecule has 1 aromatic carbocycles. The van der Waals surface area contributed by atoms with Crippen molar-refractivity contribution in [2.45, 2.75) is 6.92 Å². The minimum Gasteiger partial charge on any atom is -0.477 e. The number of thiophene rings is 1. The van der Waals surface area contributed by atoms with E-state index in [1.807, 2.05) is 9.91 Å². The summed E-state index contributed by atoms with van der Waals surface area (Å²) in [6, 6.07) is 6.63. The molecular weight excluding hydrogens is 371 g/mol. The van der Waals surface area contributed by atoms with E-state index in [2.05, 4.69) is 4.98 Å². The van der Waals surface area contributed by atoms with E-state index in [1.54, 1.807) is 25.1 Å². The first-order valence-corrected chi connectivity index (χ1v) is 9.28. The number of aromatic nitrogens is 2. The van der Waals surface area contributed by atoms with Crippen molar-refractivity contribution in [1.29, 1.82) is 0 Å². The summed E-state index contributed by atoms with van der Waals surface area (Å²) >= 11 is 1.01. The van der Waals surface area contributed by atoms with Crippen LogP contribution in [0, 0.1) is 12.7 Å². The molecule has 1 saturated heterocycles. The summed E-state index contributed by atoms with van der Waals surface area (Å²) in [4.78, 5) is 31.0. The fourth-order valence-electron chi connectivity index (χ4n) is 3.38. The highest BCUT2D eigenvalue weighted by Crippen LogP contribution is 2.26. The van der Waals surface area contributed by atoms with Crippen molar-refractivity contribution < 1.29 is 14.3 Å². The maximum atomic E-state index is 14.0. The number of nitrogens with zero attached hydrogens (tertiary/aromatic N) is 4. The monoisotopic (exact) mass is 388 g/mol. The van der Waals surface area contributed by atoms with Crippen molar-refractivity contribution in [2.24, 2.45) is 0 Å². The van der Waals surface area contributed by atoms with Gasteiger partial charge < -0.3 is 15.0 Å².